The van der Waals surface area contributed by atoms with E-state index in [2.05, 4.69) is 10.1 Å². The number of hydrogen-bond acceptors (Lipinski definition) is 5. The molecule has 1 heterocycles. The van der Waals surface area contributed by atoms with Gasteiger partial charge in [-0.3, -0.25) is 0 Å². The maximum atomic E-state index is 11.5. The Labute approximate surface area is 122 Å². The lowest BCUT2D eigenvalue weighted by Crippen LogP contribution is -2.32. The van der Waals surface area contributed by atoms with Gasteiger partial charge in [-0.25, -0.2) is 9.59 Å². The van der Waals surface area contributed by atoms with Gasteiger partial charge in [0.2, 0.25) is 0 Å². The van der Waals surface area contributed by atoms with Gasteiger partial charge >= 0.3 is 12.1 Å². The molecule has 0 bridgehead atoms. The van der Waals surface area contributed by atoms with E-state index in [1.807, 2.05) is 11.4 Å². The summed E-state index contributed by atoms with van der Waals surface area (Å²) in [5.41, 5.74) is 0.256. The maximum Gasteiger partial charge on any atom is 0.407 e. The van der Waals surface area contributed by atoms with Gasteiger partial charge in [-0.2, -0.15) is 0 Å². The van der Waals surface area contributed by atoms with Crippen molar-refractivity contribution in [3.8, 4) is 0 Å². The smallest absolute Gasteiger partial charge is 0.407 e. The SMILES string of the molecule is COC(=O)c1sccc1C=CCNC(=O)OC(C)(C)C. The Bertz CT molecular complexity index is 500. The third kappa shape index (κ3) is 5.44. The Morgan fingerprint density at radius 1 is 1.40 bits per heavy atom. The van der Waals surface area contributed by atoms with Gasteiger partial charge in [0.1, 0.15) is 10.5 Å². The number of esters is 1. The number of rotatable bonds is 4. The van der Waals surface area contributed by atoms with Crippen LogP contribution in [0, 0.1) is 0 Å². The van der Waals surface area contributed by atoms with E-state index in [1.165, 1.54) is 18.4 Å². The molecule has 1 amide bonds. The van der Waals surface area contributed by atoms with E-state index in [1.54, 1.807) is 32.9 Å². The van der Waals surface area contributed by atoms with Crippen molar-refractivity contribution in [3.63, 3.8) is 0 Å². The highest BCUT2D eigenvalue weighted by Crippen LogP contribution is 2.19. The first-order valence-electron chi connectivity index (χ1n) is 6.12. The van der Waals surface area contributed by atoms with Gasteiger partial charge in [-0.05, 0) is 37.8 Å². The predicted octanol–water partition coefficient (Wildman–Crippen LogP) is 3.07. The maximum absolute atomic E-state index is 11.5. The lowest BCUT2D eigenvalue weighted by Gasteiger charge is -2.19. The van der Waals surface area contributed by atoms with Crippen LogP contribution in [-0.2, 0) is 9.47 Å². The average molecular weight is 297 g/mol. The molecule has 1 rings (SSSR count). The standard InChI is InChI=1S/C14H19NO4S/c1-14(2,3)19-13(17)15-8-5-6-10-7-9-20-11(10)12(16)18-4/h5-7,9H,8H2,1-4H3,(H,15,17). The molecule has 0 radical (unpaired) electrons. The van der Waals surface area contributed by atoms with Crippen LogP contribution in [0.5, 0.6) is 0 Å². The fourth-order valence-corrected chi connectivity index (χ4v) is 2.15. The number of carbonyl (C=O) groups is 2. The zero-order valence-electron chi connectivity index (χ0n) is 12.1. The van der Waals surface area contributed by atoms with E-state index in [9.17, 15) is 9.59 Å². The Morgan fingerprint density at radius 3 is 2.70 bits per heavy atom. The average Bonchev–Trinajstić information content (AvgIpc) is 2.79. The van der Waals surface area contributed by atoms with Crippen molar-refractivity contribution in [2.75, 3.05) is 13.7 Å². The van der Waals surface area contributed by atoms with E-state index in [0.29, 0.717) is 11.4 Å². The van der Waals surface area contributed by atoms with E-state index < -0.39 is 11.7 Å². The quantitative estimate of drug-likeness (QED) is 0.867. The number of carbonyl (C=O) groups excluding carboxylic acids is 2. The molecule has 1 aromatic heterocycles. The van der Waals surface area contributed by atoms with Crippen molar-refractivity contribution in [3.05, 3.63) is 28.0 Å². The zero-order chi connectivity index (χ0) is 15.2. The molecule has 0 spiro atoms. The molecule has 1 N–H and O–H groups in total. The second-order valence-corrected chi connectivity index (χ2v) is 5.90. The summed E-state index contributed by atoms with van der Waals surface area (Å²) in [7, 11) is 1.35. The van der Waals surface area contributed by atoms with Gasteiger partial charge in [0.05, 0.1) is 7.11 Å². The Balaban J connectivity index is 2.48. The molecule has 0 aliphatic heterocycles. The number of nitrogens with one attached hydrogen (secondary N) is 1. The van der Waals surface area contributed by atoms with E-state index in [0.717, 1.165) is 5.56 Å². The normalized spacial score (nSPS) is 11.4. The number of hydrogen-bond donors (Lipinski definition) is 1. The number of thiophene rings is 1. The monoisotopic (exact) mass is 297 g/mol. The lowest BCUT2D eigenvalue weighted by molar-refractivity contribution is 0.0532. The minimum Gasteiger partial charge on any atom is -0.465 e. The molecule has 0 atom stereocenters. The van der Waals surface area contributed by atoms with Crippen LogP contribution >= 0.6 is 11.3 Å². The molecule has 0 unspecified atom stereocenters. The van der Waals surface area contributed by atoms with E-state index >= 15 is 0 Å². The fourth-order valence-electron chi connectivity index (χ4n) is 1.35. The van der Waals surface area contributed by atoms with Crippen LogP contribution in [0.15, 0.2) is 17.5 Å². The largest absolute Gasteiger partial charge is 0.465 e. The number of methoxy groups -OCH3 is 1. The second-order valence-electron chi connectivity index (χ2n) is 4.98. The Hall–Kier alpha value is -1.82. The van der Waals surface area contributed by atoms with Gasteiger partial charge in [0.25, 0.3) is 0 Å². The summed E-state index contributed by atoms with van der Waals surface area (Å²) in [6, 6.07) is 1.82. The molecular formula is C14H19NO4S. The third-order valence-electron chi connectivity index (χ3n) is 2.13. The Morgan fingerprint density at radius 2 is 2.10 bits per heavy atom. The zero-order valence-corrected chi connectivity index (χ0v) is 12.9. The second kappa shape index (κ2) is 7.09. The molecule has 0 saturated carbocycles. The first kappa shape index (κ1) is 16.2. The summed E-state index contributed by atoms with van der Waals surface area (Å²) in [5.74, 6) is -0.361. The summed E-state index contributed by atoms with van der Waals surface area (Å²) in [5, 5.41) is 4.42. The van der Waals surface area contributed by atoms with Crippen molar-refractivity contribution in [1.82, 2.24) is 5.32 Å². The van der Waals surface area contributed by atoms with Crippen molar-refractivity contribution < 1.29 is 19.1 Å². The highest BCUT2D eigenvalue weighted by atomic mass is 32.1. The van der Waals surface area contributed by atoms with Crippen LogP contribution in [0.3, 0.4) is 0 Å². The lowest BCUT2D eigenvalue weighted by atomic mass is 10.2. The fraction of sp³-hybridized carbons (Fsp3) is 0.429. The summed E-state index contributed by atoms with van der Waals surface area (Å²) < 4.78 is 9.78. The highest BCUT2D eigenvalue weighted by molar-refractivity contribution is 7.12. The molecule has 0 aliphatic rings. The van der Waals surface area contributed by atoms with Gasteiger partial charge in [-0.15, -0.1) is 11.3 Å². The molecule has 110 valence electrons. The highest BCUT2D eigenvalue weighted by Gasteiger charge is 2.15. The minimum atomic E-state index is -0.515. The number of alkyl carbamates (subject to hydrolysis) is 1. The number of ether oxygens (including phenoxy) is 2. The van der Waals surface area contributed by atoms with Crippen molar-refractivity contribution in [2.24, 2.45) is 0 Å². The van der Waals surface area contributed by atoms with Crippen molar-refractivity contribution >= 4 is 29.5 Å². The molecule has 0 aromatic carbocycles. The topological polar surface area (TPSA) is 64.6 Å². The first-order chi connectivity index (χ1) is 9.33. The van der Waals surface area contributed by atoms with Crippen LogP contribution in [-0.4, -0.2) is 31.3 Å². The molecule has 0 saturated heterocycles. The molecule has 6 heteroatoms. The molecule has 0 fully saturated rings. The van der Waals surface area contributed by atoms with Crippen LogP contribution in [0.1, 0.15) is 36.0 Å². The van der Waals surface area contributed by atoms with Crippen LogP contribution in [0.4, 0.5) is 4.79 Å². The van der Waals surface area contributed by atoms with Crippen LogP contribution in [0.25, 0.3) is 6.08 Å². The van der Waals surface area contributed by atoms with Gasteiger partial charge in [0, 0.05) is 6.54 Å². The summed E-state index contributed by atoms with van der Waals surface area (Å²) >= 11 is 1.32. The van der Waals surface area contributed by atoms with Gasteiger partial charge in [0.15, 0.2) is 0 Å². The molecule has 1 aromatic rings. The molecule has 20 heavy (non-hydrogen) atoms. The summed E-state index contributed by atoms with van der Waals surface area (Å²) in [6.07, 6.45) is 3.04. The van der Waals surface area contributed by atoms with Gasteiger partial charge < -0.3 is 14.8 Å². The first-order valence-corrected chi connectivity index (χ1v) is 7.00. The van der Waals surface area contributed by atoms with Crippen molar-refractivity contribution in [2.45, 2.75) is 26.4 Å². The predicted molar refractivity (Wildman–Crippen MR) is 78.9 cm³/mol. The van der Waals surface area contributed by atoms with Gasteiger partial charge in [-0.1, -0.05) is 12.2 Å². The summed E-state index contributed by atoms with van der Waals surface area (Å²) in [4.78, 5) is 23.4. The van der Waals surface area contributed by atoms with E-state index in [4.69, 9.17) is 4.74 Å². The molecule has 0 aliphatic carbocycles. The van der Waals surface area contributed by atoms with Crippen LogP contribution in [0.2, 0.25) is 0 Å². The van der Waals surface area contributed by atoms with Crippen LogP contribution < -0.4 is 5.32 Å². The van der Waals surface area contributed by atoms with E-state index in [-0.39, 0.29) is 5.97 Å². The van der Waals surface area contributed by atoms with Crippen molar-refractivity contribution in [1.29, 1.82) is 0 Å². The Kier molecular flexibility index (Phi) is 5.76. The molecule has 5 nitrogen and oxygen atoms in total. The third-order valence-corrected chi connectivity index (χ3v) is 3.04. The minimum absolute atomic E-state index is 0.325. The molecular weight excluding hydrogens is 278 g/mol. The number of amides is 1. The summed E-state index contributed by atoms with van der Waals surface area (Å²) in [6.45, 7) is 5.73.